The van der Waals surface area contributed by atoms with Gasteiger partial charge in [0.05, 0.1) is 22.4 Å². The minimum absolute atomic E-state index is 0.641. The van der Waals surface area contributed by atoms with E-state index in [1.807, 2.05) is 0 Å². The van der Waals surface area contributed by atoms with Crippen molar-refractivity contribution in [2.45, 2.75) is 0 Å². The van der Waals surface area contributed by atoms with Crippen molar-refractivity contribution in [2.24, 2.45) is 0 Å². The fraction of sp³-hybridized carbons (Fsp3) is 0. The van der Waals surface area contributed by atoms with Crippen molar-refractivity contribution in [2.75, 3.05) is 0 Å². The van der Waals surface area contributed by atoms with Gasteiger partial charge in [-0.25, -0.2) is 9.97 Å². The average molecular weight is 700 g/mol. The summed E-state index contributed by atoms with van der Waals surface area (Å²) in [7, 11) is 0. The van der Waals surface area contributed by atoms with Crippen molar-refractivity contribution in [3.05, 3.63) is 200 Å². The second-order valence-electron chi connectivity index (χ2n) is 14.2. The average Bonchev–Trinajstić information content (AvgIpc) is 3.62. The summed E-state index contributed by atoms with van der Waals surface area (Å²) in [5.74, 6) is 0.641. The van der Waals surface area contributed by atoms with Crippen molar-refractivity contribution in [1.82, 2.24) is 14.5 Å². The Balaban J connectivity index is 1.21. The largest absolute Gasteiger partial charge is 0.277 e. The summed E-state index contributed by atoms with van der Waals surface area (Å²) in [5, 5.41) is 9.75. The highest BCUT2D eigenvalue weighted by molar-refractivity contribution is 6.35. The Morgan fingerprint density at radius 3 is 1.36 bits per heavy atom. The molecule has 0 bridgehead atoms. The third-order valence-corrected chi connectivity index (χ3v) is 11.0. The molecule has 0 amide bonds. The number of para-hydroxylation sites is 1. The van der Waals surface area contributed by atoms with Crippen LogP contribution in [-0.4, -0.2) is 14.5 Å². The summed E-state index contributed by atoms with van der Waals surface area (Å²) in [6.45, 7) is 0. The second-order valence-corrected chi connectivity index (χ2v) is 14.2. The lowest BCUT2D eigenvalue weighted by molar-refractivity contribution is 0.998. The van der Waals surface area contributed by atoms with Gasteiger partial charge < -0.3 is 0 Å². The molecule has 0 fully saturated rings. The lowest BCUT2D eigenvalue weighted by Gasteiger charge is -2.15. The summed E-state index contributed by atoms with van der Waals surface area (Å²) in [6, 6.07) is 71.4. The topological polar surface area (TPSA) is 30.7 Å². The summed E-state index contributed by atoms with van der Waals surface area (Å²) < 4.78 is 2.30. The molecule has 0 saturated heterocycles. The number of aromatic nitrogens is 3. The quantitative estimate of drug-likeness (QED) is 0.167. The molecular weight excluding hydrogens is 667 g/mol. The van der Waals surface area contributed by atoms with Crippen LogP contribution < -0.4 is 0 Å². The molecule has 0 aliphatic heterocycles. The SMILES string of the molecule is c1ccc(-c2ccc(-c3cc(-c4ccc(-c5ccccc5)cc4)nc(-n4c5ccccc5c5c6ccccc6c6c7ccccc7ccc6c54)n3)cc2)cc1. The minimum Gasteiger partial charge on any atom is -0.277 e. The van der Waals surface area contributed by atoms with Gasteiger partial charge in [0, 0.05) is 27.3 Å². The summed E-state index contributed by atoms with van der Waals surface area (Å²) >= 11 is 0. The predicted molar refractivity (Wildman–Crippen MR) is 231 cm³/mol. The molecule has 0 radical (unpaired) electrons. The fourth-order valence-corrected chi connectivity index (χ4v) is 8.41. The number of rotatable bonds is 5. The van der Waals surface area contributed by atoms with E-state index in [9.17, 15) is 0 Å². The molecule has 11 aromatic rings. The van der Waals surface area contributed by atoms with Gasteiger partial charge in [-0.1, -0.05) is 188 Å². The van der Waals surface area contributed by atoms with Crippen molar-refractivity contribution in [3.63, 3.8) is 0 Å². The maximum atomic E-state index is 5.44. The molecule has 256 valence electrons. The Labute approximate surface area is 318 Å². The fourth-order valence-electron chi connectivity index (χ4n) is 8.41. The number of fused-ring (bicyclic) bond motifs is 10. The zero-order valence-electron chi connectivity index (χ0n) is 29.9. The predicted octanol–water partition coefficient (Wildman–Crippen LogP) is 13.7. The van der Waals surface area contributed by atoms with Crippen molar-refractivity contribution < 1.29 is 0 Å². The molecule has 55 heavy (non-hydrogen) atoms. The molecular formula is C52H33N3. The van der Waals surface area contributed by atoms with Crippen molar-refractivity contribution in [1.29, 1.82) is 0 Å². The third-order valence-electron chi connectivity index (χ3n) is 11.0. The zero-order valence-corrected chi connectivity index (χ0v) is 29.9. The van der Waals surface area contributed by atoms with Crippen molar-refractivity contribution in [3.8, 4) is 50.7 Å². The second kappa shape index (κ2) is 12.6. The lowest BCUT2D eigenvalue weighted by Crippen LogP contribution is -2.04. The van der Waals surface area contributed by atoms with Gasteiger partial charge in [-0.05, 0) is 61.3 Å². The van der Waals surface area contributed by atoms with E-state index < -0.39 is 0 Å². The zero-order chi connectivity index (χ0) is 36.3. The van der Waals surface area contributed by atoms with E-state index in [0.29, 0.717) is 5.95 Å². The highest BCUT2D eigenvalue weighted by atomic mass is 15.2. The first kappa shape index (κ1) is 31.2. The molecule has 0 N–H and O–H groups in total. The number of hydrogen-bond donors (Lipinski definition) is 0. The third kappa shape index (κ3) is 5.13. The number of nitrogens with zero attached hydrogens (tertiary/aromatic N) is 3. The van der Waals surface area contributed by atoms with Crippen LogP contribution in [0.4, 0.5) is 0 Å². The molecule has 9 aromatic carbocycles. The maximum absolute atomic E-state index is 5.44. The standard InChI is InChI=1S/C52H33N3/c1-3-13-34(14-4-1)36-23-27-39(28-24-36)46-33-47(40-29-25-37(26-30-40)35-15-5-2-6-16-35)54-52(53-46)55-48-22-12-11-21-44(48)50-43-20-10-9-19-42(43)49-41-18-8-7-17-38(41)31-32-45(49)51(50)55/h1-33H. The summed E-state index contributed by atoms with van der Waals surface area (Å²) in [5.41, 5.74) is 10.7. The molecule has 0 saturated carbocycles. The Bertz CT molecular complexity index is 3120. The van der Waals surface area contributed by atoms with Crippen LogP contribution in [0.25, 0.3) is 105 Å². The molecule has 0 aliphatic rings. The highest BCUT2D eigenvalue weighted by Crippen LogP contribution is 2.44. The molecule has 0 spiro atoms. The molecule has 0 aliphatic carbocycles. The van der Waals surface area contributed by atoms with Crippen LogP contribution in [-0.2, 0) is 0 Å². The highest BCUT2D eigenvalue weighted by Gasteiger charge is 2.22. The Kier molecular flexibility index (Phi) is 7.17. The van der Waals surface area contributed by atoms with E-state index in [0.717, 1.165) is 33.5 Å². The van der Waals surface area contributed by atoms with Crippen LogP contribution in [0.5, 0.6) is 0 Å². The van der Waals surface area contributed by atoms with Gasteiger partial charge >= 0.3 is 0 Å². The van der Waals surface area contributed by atoms with Gasteiger partial charge in [0.25, 0.3) is 0 Å². The van der Waals surface area contributed by atoms with Gasteiger partial charge in [0.15, 0.2) is 0 Å². The van der Waals surface area contributed by atoms with Crippen LogP contribution >= 0.6 is 0 Å². The van der Waals surface area contributed by atoms with Crippen LogP contribution in [0.1, 0.15) is 0 Å². The van der Waals surface area contributed by atoms with Gasteiger partial charge in [-0.2, -0.15) is 0 Å². The van der Waals surface area contributed by atoms with Gasteiger partial charge in [-0.3, -0.25) is 4.57 Å². The van der Waals surface area contributed by atoms with E-state index in [1.54, 1.807) is 0 Å². The van der Waals surface area contributed by atoms with Gasteiger partial charge in [0.2, 0.25) is 5.95 Å². The van der Waals surface area contributed by atoms with Crippen molar-refractivity contribution >= 4 is 54.1 Å². The van der Waals surface area contributed by atoms with E-state index in [1.165, 1.54) is 65.3 Å². The molecule has 0 atom stereocenters. The van der Waals surface area contributed by atoms with Crippen LogP contribution in [0.3, 0.4) is 0 Å². The van der Waals surface area contributed by atoms with Crippen LogP contribution in [0, 0.1) is 0 Å². The number of hydrogen-bond acceptors (Lipinski definition) is 2. The number of benzene rings is 9. The minimum atomic E-state index is 0.641. The molecule has 2 heterocycles. The normalized spacial score (nSPS) is 11.6. The molecule has 0 unspecified atom stereocenters. The first-order chi connectivity index (χ1) is 27.3. The van der Waals surface area contributed by atoms with E-state index in [2.05, 4.69) is 205 Å². The van der Waals surface area contributed by atoms with Gasteiger partial charge in [-0.15, -0.1) is 0 Å². The monoisotopic (exact) mass is 699 g/mol. The first-order valence-electron chi connectivity index (χ1n) is 18.7. The van der Waals surface area contributed by atoms with Gasteiger partial charge in [0.1, 0.15) is 0 Å². The summed E-state index contributed by atoms with van der Waals surface area (Å²) in [6.07, 6.45) is 0. The van der Waals surface area contributed by atoms with E-state index >= 15 is 0 Å². The molecule has 11 rings (SSSR count). The smallest absolute Gasteiger partial charge is 0.235 e. The first-order valence-corrected chi connectivity index (χ1v) is 18.7. The lowest BCUT2D eigenvalue weighted by atomic mass is 9.93. The van der Waals surface area contributed by atoms with E-state index in [4.69, 9.17) is 9.97 Å². The Morgan fingerprint density at radius 1 is 0.309 bits per heavy atom. The summed E-state index contributed by atoms with van der Waals surface area (Å²) in [4.78, 5) is 10.9. The molecule has 3 nitrogen and oxygen atoms in total. The van der Waals surface area contributed by atoms with Crippen LogP contribution in [0.15, 0.2) is 200 Å². The Hall–Kier alpha value is -7.36. The Morgan fingerprint density at radius 2 is 0.764 bits per heavy atom. The molecule has 3 heteroatoms. The van der Waals surface area contributed by atoms with Crippen LogP contribution in [0.2, 0.25) is 0 Å². The van der Waals surface area contributed by atoms with E-state index in [-0.39, 0.29) is 0 Å². The maximum Gasteiger partial charge on any atom is 0.235 e. The molecule has 2 aromatic heterocycles.